The molecule has 35 heavy (non-hydrogen) atoms. The fraction of sp³-hybridized carbons (Fsp3) is 0.480. The summed E-state index contributed by atoms with van der Waals surface area (Å²) in [7, 11) is -7.86. The van der Waals surface area contributed by atoms with Crippen LogP contribution in [0.2, 0.25) is 0 Å². The van der Waals surface area contributed by atoms with Crippen LogP contribution in [0.25, 0.3) is 0 Å². The van der Waals surface area contributed by atoms with Gasteiger partial charge < -0.3 is 9.64 Å². The van der Waals surface area contributed by atoms with Crippen LogP contribution in [0.4, 0.5) is 4.79 Å². The Hall–Kier alpha value is -2.43. The molecule has 0 aromatic heterocycles. The number of ether oxygens (including phenoxy) is 1. The molecule has 10 heteroatoms. The molecule has 0 unspecified atom stereocenters. The summed E-state index contributed by atoms with van der Waals surface area (Å²) in [4.78, 5) is 13.9. The van der Waals surface area contributed by atoms with Crippen LogP contribution in [0.5, 0.6) is 0 Å². The molecule has 0 aliphatic carbocycles. The highest BCUT2D eigenvalue weighted by molar-refractivity contribution is 7.91. The average molecular weight is 523 g/mol. The molecule has 1 aliphatic heterocycles. The van der Waals surface area contributed by atoms with E-state index in [0.29, 0.717) is 44.3 Å². The number of amides is 1. The third-order valence-electron chi connectivity index (χ3n) is 5.68. The second-order valence-electron chi connectivity index (χ2n) is 9.70. The molecule has 1 N–H and O–H groups in total. The maximum absolute atomic E-state index is 13.4. The van der Waals surface area contributed by atoms with Crippen molar-refractivity contribution in [2.75, 3.05) is 13.1 Å². The molecule has 3 rings (SSSR count). The molecular formula is C25H34N2O6S2. The van der Waals surface area contributed by atoms with Crippen molar-refractivity contribution in [2.45, 2.75) is 79.7 Å². The molecule has 0 atom stereocenters. The van der Waals surface area contributed by atoms with E-state index in [4.69, 9.17) is 4.74 Å². The minimum atomic E-state index is -3.99. The largest absolute Gasteiger partial charge is 0.444 e. The summed E-state index contributed by atoms with van der Waals surface area (Å²) in [6.45, 7) is 8.06. The van der Waals surface area contributed by atoms with Crippen LogP contribution < -0.4 is 4.72 Å². The molecule has 1 fully saturated rings. The first kappa shape index (κ1) is 27.2. The van der Waals surface area contributed by atoms with E-state index < -0.39 is 31.6 Å². The van der Waals surface area contributed by atoms with Gasteiger partial charge in [0.25, 0.3) is 0 Å². The number of hydrogen-bond donors (Lipinski definition) is 1. The zero-order chi connectivity index (χ0) is 25.9. The van der Waals surface area contributed by atoms with Crippen LogP contribution in [0.3, 0.4) is 0 Å². The van der Waals surface area contributed by atoms with Crippen LogP contribution in [0.15, 0.2) is 63.2 Å². The zero-order valence-corrected chi connectivity index (χ0v) is 22.3. The zero-order valence-electron chi connectivity index (χ0n) is 20.7. The Kier molecular flexibility index (Phi) is 8.28. The fourth-order valence-corrected chi connectivity index (χ4v) is 6.93. The van der Waals surface area contributed by atoms with Crippen molar-refractivity contribution in [1.82, 2.24) is 9.62 Å². The molecule has 192 valence electrons. The van der Waals surface area contributed by atoms with E-state index in [1.165, 1.54) is 24.3 Å². The highest BCUT2D eigenvalue weighted by Gasteiger charge is 2.31. The van der Waals surface area contributed by atoms with Crippen molar-refractivity contribution in [1.29, 1.82) is 0 Å². The van der Waals surface area contributed by atoms with Gasteiger partial charge in [0, 0.05) is 19.1 Å². The van der Waals surface area contributed by atoms with Crippen molar-refractivity contribution in [3.8, 4) is 0 Å². The Bertz CT molecular complexity index is 1240. The molecule has 1 saturated heterocycles. The van der Waals surface area contributed by atoms with E-state index in [2.05, 4.69) is 4.72 Å². The molecule has 2 aromatic rings. The minimum absolute atomic E-state index is 0.0223. The third kappa shape index (κ3) is 6.83. The van der Waals surface area contributed by atoms with Gasteiger partial charge in [0.2, 0.25) is 19.9 Å². The SMILES string of the molecule is CCCc1ccc(S(=O)(=O)c2ccccc2)cc1S(=O)(=O)NC1CCN(C(=O)OC(C)(C)C)CC1. The summed E-state index contributed by atoms with van der Waals surface area (Å²) in [5.74, 6) is 0. The summed E-state index contributed by atoms with van der Waals surface area (Å²) < 4.78 is 61.2. The Morgan fingerprint density at radius 3 is 2.20 bits per heavy atom. The predicted octanol–water partition coefficient (Wildman–Crippen LogP) is 4.15. The van der Waals surface area contributed by atoms with E-state index in [1.807, 2.05) is 6.92 Å². The second-order valence-corrected chi connectivity index (χ2v) is 13.3. The lowest BCUT2D eigenvalue weighted by Crippen LogP contribution is -2.47. The van der Waals surface area contributed by atoms with Crippen molar-refractivity contribution in [3.63, 3.8) is 0 Å². The number of nitrogens with zero attached hydrogens (tertiary/aromatic N) is 1. The summed E-state index contributed by atoms with van der Waals surface area (Å²) in [6, 6.07) is 11.9. The lowest BCUT2D eigenvalue weighted by Gasteiger charge is -2.33. The quantitative estimate of drug-likeness (QED) is 0.585. The molecule has 0 saturated carbocycles. The van der Waals surface area contributed by atoms with Crippen LogP contribution in [-0.2, 0) is 31.0 Å². The maximum Gasteiger partial charge on any atom is 0.410 e. The van der Waals surface area contributed by atoms with Crippen molar-refractivity contribution < 1.29 is 26.4 Å². The van der Waals surface area contributed by atoms with Gasteiger partial charge in [-0.25, -0.2) is 26.4 Å². The number of piperidine rings is 1. The fourth-order valence-electron chi connectivity index (χ4n) is 3.95. The lowest BCUT2D eigenvalue weighted by molar-refractivity contribution is 0.0203. The number of carbonyl (C=O) groups excluding carboxylic acids is 1. The van der Waals surface area contributed by atoms with Crippen molar-refractivity contribution in [3.05, 3.63) is 54.1 Å². The van der Waals surface area contributed by atoms with Gasteiger partial charge in [-0.2, -0.15) is 0 Å². The van der Waals surface area contributed by atoms with Gasteiger partial charge in [-0.05, 0) is 69.9 Å². The third-order valence-corrected chi connectivity index (χ3v) is 9.05. The van der Waals surface area contributed by atoms with Crippen LogP contribution >= 0.6 is 0 Å². The number of benzene rings is 2. The van der Waals surface area contributed by atoms with Gasteiger partial charge in [0.15, 0.2) is 0 Å². The summed E-state index contributed by atoms with van der Waals surface area (Å²) in [6.07, 6.45) is 1.66. The van der Waals surface area contributed by atoms with Crippen LogP contribution in [0.1, 0.15) is 52.5 Å². The number of aryl methyl sites for hydroxylation is 1. The number of nitrogens with one attached hydrogen (secondary N) is 1. The molecule has 1 aliphatic rings. The monoisotopic (exact) mass is 522 g/mol. The molecular weight excluding hydrogens is 488 g/mol. The van der Waals surface area contributed by atoms with E-state index >= 15 is 0 Å². The maximum atomic E-state index is 13.4. The Morgan fingerprint density at radius 1 is 1.00 bits per heavy atom. The molecule has 8 nitrogen and oxygen atoms in total. The second kappa shape index (κ2) is 10.7. The number of likely N-dealkylation sites (tertiary alicyclic amines) is 1. The van der Waals surface area contributed by atoms with Crippen LogP contribution in [0, 0.1) is 0 Å². The van der Waals surface area contributed by atoms with Crippen LogP contribution in [-0.4, -0.2) is 52.6 Å². The van der Waals surface area contributed by atoms with Gasteiger partial charge in [-0.1, -0.05) is 37.6 Å². The van der Waals surface area contributed by atoms with Gasteiger partial charge in [-0.3, -0.25) is 0 Å². The minimum Gasteiger partial charge on any atom is -0.444 e. The highest BCUT2D eigenvalue weighted by atomic mass is 32.2. The molecule has 1 heterocycles. The van der Waals surface area contributed by atoms with Gasteiger partial charge in [0.1, 0.15) is 5.60 Å². The Labute approximate surface area is 208 Å². The first-order valence-electron chi connectivity index (χ1n) is 11.8. The summed E-state index contributed by atoms with van der Waals surface area (Å²) in [5, 5.41) is 0. The molecule has 0 radical (unpaired) electrons. The summed E-state index contributed by atoms with van der Waals surface area (Å²) in [5.41, 5.74) is -0.0331. The number of hydrogen-bond acceptors (Lipinski definition) is 6. The Balaban J connectivity index is 1.81. The average Bonchev–Trinajstić information content (AvgIpc) is 2.79. The highest BCUT2D eigenvalue weighted by Crippen LogP contribution is 2.27. The van der Waals surface area contributed by atoms with E-state index in [-0.39, 0.29) is 20.7 Å². The Morgan fingerprint density at radius 2 is 1.63 bits per heavy atom. The van der Waals surface area contributed by atoms with E-state index in [9.17, 15) is 21.6 Å². The number of rotatable bonds is 7. The normalized spacial score (nSPS) is 15.7. The molecule has 0 bridgehead atoms. The lowest BCUT2D eigenvalue weighted by atomic mass is 10.1. The van der Waals surface area contributed by atoms with Gasteiger partial charge >= 0.3 is 6.09 Å². The first-order chi connectivity index (χ1) is 16.3. The molecule has 0 spiro atoms. The summed E-state index contributed by atoms with van der Waals surface area (Å²) >= 11 is 0. The predicted molar refractivity (Wildman–Crippen MR) is 133 cm³/mol. The van der Waals surface area contributed by atoms with E-state index in [1.54, 1.807) is 49.9 Å². The topological polar surface area (TPSA) is 110 Å². The number of sulfone groups is 1. The first-order valence-corrected chi connectivity index (χ1v) is 14.7. The standard InChI is InChI=1S/C25H34N2O6S2/c1-5-9-19-12-13-22(34(29,30)21-10-7-6-8-11-21)18-23(19)35(31,32)26-20-14-16-27(17-15-20)24(28)33-25(2,3)4/h6-8,10-13,18,20,26H,5,9,14-17H2,1-4H3. The number of sulfonamides is 1. The van der Waals surface area contributed by atoms with Crippen molar-refractivity contribution >= 4 is 26.0 Å². The molecule has 2 aromatic carbocycles. The molecule has 1 amide bonds. The smallest absolute Gasteiger partial charge is 0.410 e. The van der Waals surface area contributed by atoms with Gasteiger partial charge in [0.05, 0.1) is 14.7 Å². The van der Waals surface area contributed by atoms with Gasteiger partial charge in [-0.15, -0.1) is 0 Å². The van der Waals surface area contributed by atoms with Crippen molar-refractivity contribution in [2.24, 2.45) is 0 Å². The van der Waals surface area contributed by atoms with E-state index in [0.717, 1.165) is 0 Å². The number of carbonyl (C=O) groups is 1.